The Bertz CT molecular complexity index is 884. The van der Waals surface area contributed by atoms with Gasteiger partial charge in [-0.25, -0.2) is 17.5 Å². The summed E-state index contributed by atoms with van der Waals surface area (Å²) in [6.45, 7) is 1.85. The SMILES string of the molecule is CCC[C@H](CCO)NS(=O)(=O)c1ccc(-c2ccc(C#N)cc2F)cc1. The first-order valence-electron chi connectivity index (χ1n) is 8.34. The molecule has 0 saturated heterocycles. The van der Waals surface area contributed by atoms with Crippen LogP contribution in [0, 0.1) is 17.1 Å². The van der Waals surface area contributed by atoms with E-state index in [0.29, 0.717) is 24.0 Å². The Labute approximate surface area is 153 Å². The standard InChI is InChI=1S/C19H21FN2O3S/c1-2-3-16(10-11-23)22-26(24,25)17-7-5-15(6-8-17)18-9-4-14(13-21)12-19(18)20/h4-9,12,16,22-23H,2-3,10-11H2,1H3/t16-/m1/s1. The second kappa shape index (κ2) is 8.90. The Morgan fingerprint density at radius 2 is 1.88 bits per heavy atom. The molecule has 0 aliphatic rings. The number of nitriles is 1. The average Bonchev–Trinajstić information content (AvgIpc) is 2.62. The lowest BCUT2D eigenvalue weighted by Gasteiger charge is -2.17. The molecule has 7 heteroatoms. The number of aliphatic hydroxyl groups excluding tert-OH is 1. The van der Waals surface area contributed by atoms with E-state index in [0.717, 1.165) is 12.5 Å². The highest BCUT2D eigenvalue weighted by atomic mass is 32.2. The third-order valence-corrected chi connectivity index (χ3v) is 5.55. The molecular formula is C19H21FN2O3S. The molecule has 2 N–H and O–H groups in total. The van der Waals surface area contributed by atoms with Gasteiger partial charge < -0.3 is 5.11 Å². The van der Waals surface area contributed by atoms with Crippen molar-refractivity contribution in [2.75, 3.05) is 6.61 Å². The zero-order valence-corrected chi connectivity index (χ0v) is 15.3. The van der Waals surface area contributed by atoms with Crippen molar-refractivity contribution in [3.8, 4) is 17.2 Å². The first-order chi connectivity index (χ1) is 12.4. The van der Waals surface area contributed by atoms with Gasteiger partial charge in [0.25, 0.3) is 0 Å². The van der Waals surface area contributed by atoms with Crippen LogP contribution in [0.2, 0.25) is 0 Å². The van der Waals surface area contributed by atoms with E-state index in [1.54, 1.807) is 0 Å². The number of halogens is 1. The Hall–Kier alpha value is -2.27. The normalized spacial score (nSPS) is 12.5. The summed E-state index contributed by atoms with van der Waals surface area (Å²) in [4.78, 5) is 0.0781. The monoisotopic (exact) mass is 376 g/mol. The number of benzene rings is 2. The van der Waals surface area contributed by atoms with Crippen molar-refractivity contribution in [2.45, 2.75) is 37.1 Å². The lowest BCUT2D eigenvalue weighted by molar-refractivity contribution is 0.268. The lowest BCUT2D eigenvalue weighted by Crippen LogP contribution is -2.35. The molecule has 1 atom stereocenters. The van der Waals surface area contributed by atoms with Gasteiger partial charge in [-0.05, 0) is 42.7 Å². The molecule has 5 nitrogen and oxygen atoms in total. The number of rotatable bonds is 8. The van der Waals surface area contributed by atoms with Crippen LogP contribution >= 0.6 is 0 Å². The second-order valence-electron chi connectivity index (χ2n) is 5.95. The van der Waals surface area contributed by atoms with Crippen molar-refractivity contribution in [1.29, 1.82) is 5.26 Å². The Morgan fingerprint density at radius 3 is 2.42 bits per heavy atom. The maximum Gasteiger partial charge on any atom is 0.240 e. The quantitative estimate of drug-likeness (QED) is 0.740. The Balaban J connectivity index is 2.24. The molecule has 2 aromatic carbocycles. The second-order valence-corrected chi connectivity index (χ2v) is 7.66. The van der Waals surface area contributed by atoms with Crippen molar-refractivity contribution in [2.24, 2.45) is 0 Å². The molecule has 0 aliphatic heterocycles. The van der Waals surface area contributed by atoms with Crippen LogP contribution in [0.3, 0.4) is 0 Å². The Morgan fingerprint density at radius 1 is 1.19 bits per heavy atom. The van der Waals surface area contributed by atoms with Crippen molar-refractivity contribution in [3.05, 3.63) is 53.8 Å². The zero-order chi connectivity index (χ0) is 19.2. The molecule has 0 aliphatic carbocycles. The van der Waals surface area contributed by atoms with E-state index in [2.05, 4.69) is 4.72 Å². The lowest BCUT2D eigenvalue weighted by atomic mass is 10.0. The van der Waals surface area contributed by atoms with Crippen LogP contribution < -0.4 is 4.72 Å². The molecule has 0 radical (unpaired) electrons. The van der Waals surface area contributed by atoms with E-state index in [9.17, 15) is 12.8 Å². The fraction of sp³-hybridized carbons (Fsp3) is 0.316. The van der Waals surface area contributed by atoms with Crippen molar-refractivity contribution in [3.63, 3.8) is 0 Å². The fourth-order valence-corrected chi connectivity index (χ4v) is 3.99. The van der Waals surface area contributed by atoms with Gasteiger partial charge in [0, 0.05) is 18.2 Å². The van der Waals surface area contributed by atoms with Crippen LogP contribution in [0.25, 0.3) is 11.1 Å². The number of hydrogen-bond donors (Lipinski definition) is 2. The van der Waals surface area contributed by atoms with Crippen LogP contribution in [-0.4, -0.2) is 26.2 Å². The number of nitrogens with one attached hydrogen (secondary N) is 1. The Kier molecular flexibility index (Phi) is 6.86. The zero-order valence-electron chi connectivity index (χ0n) is 14.4. The number of sulfonamides is 1. The molecule has 26 heavy (non-hydrogen) atoms. The summed E-state index contributed by atoms with van der Waals surface area (Å²) in [6, 6.07) is 11.6. The molecule has 2 rings (SSSR count). The number of nitrogens with zero attached hydrogens (tertiary/aromatic N) is 1. The van der Waals surface area contributed by atoms with Crippen LogP contribution in [0.1, 0.15) is 31.7 Å². The van der Waals surface area contributed by atoms with E-state index < -0.39 is 15.8 Å². The minimum atomic E-state index is -3.72. The molecule has 138 valence electrons. The molecule has 0 amide bonds. The van der Waals surface area contributed by atoms with Gasteiger partial charge in [-0.1, -0.05) is 31.5 Å². The summed E-state index contributed by atoms with van der Waals surface area (Å²) < 4.78 is 41.7. The molecule has 2 aromatic rings. The predicted molar refractivity (Wildman–Crippen MR) is 97.3 cm³/mol. The largest absolute Gasteiger partial charge is 0.396 e. The van der Waals surface area contributed by atoms with Gasteiger partial charge in [0.1, 0.15) is 5.82 Å². The highest BCUT2D eigenvalue weighted by molar-refractivity contribution is 7.89. The van der Waals surface area contributed by atoms with E-state index in [-0.39, 0.29) is 23.1 Å². The highest BCUT2D eigenvalue weighted by Gasteiger charge is 2.19. The van der Waals surface area contributed by atoms with Gasteiger partial charge >= 0.3 is 0 Å². The van der Waals surface area contributed by atoms with Crippen LogP contribution in [0.4, 0.5) is 4.39 Å². The first-order valence-corrected chi connectivity index (χ1v) is 9.83. The summed E-state index contributed by atoms with van der Waals surface area (Å²) in [6.07, 6.45) is 1.78. The average molecular weight is 376 g/mol. The topological polar surface area (TPSA) is 90.2 Å². The first kappa shape index (κ1) is 20.0. The molecule has 0 saturated carbocycles. The molecule has 0 heterocycles. The van der Waals surface area contributed by atoms with Crippen LogP contribution in [0.5, 0.6) is 0 Å². The number of aliphatic hydroxyl groups is 1. The minimum absolute atomic E-state index is 0.0781. The smallest absolute Gasteiger partial charge is 0.240 e. The third-order valence-electron chi connectivity index (χ3n) is 4.01. The molecule has 0 bridgehead atoms. The van der Waals surface area contributed by atoms with E-state index in [1.165, 1.54) is 36.4 Å². The summed E-state index contributed by atoms with van der Waals surface area (Å²) in [5.74, 6) is -0.538. The summed E-state index contributed by atoms with van der Waals surface area (Å²) in [7, 11) is -3.72. The van der Waals surface area contributed by atoms with Gasteiger partial charge in [-0.2, -0.15) is 5.26 Å². The molecule has 0 fully saturated rings. The predicted octanol–water partition coefficient (Wildman–Crippen LogP) is 3.19. The van der Waals surface area contributed by atoms with Gasteiger partial charge in [-0.15, -0.1) is 0 Å². The minimum Gasteiger partial charge on any atom is -0.396 e. The molecule has 0 aromatic heterocycles. The summed E-state index contributed by atoms with van der Waals surface area (Å²) in [5.41, 5.74) is 1.04. The molecule has 0 unspecified atom stereocenters. The van der Waals surface area contributed by atoms with Gasteiger partial charge in [0.05, 0.1) is 16.5 Å². The van der Waals surface area contributed by atoms with Crippen LogP contribution in [-0.2, 0) is 10.0 Å². The fourth-order valence-electron chi connectivity index (χ4n) is 2.69. The highest BCUT2D eigenvalue weighted by Crippen LogP contribution is 2.25. The number of hydrogen-bond acceptors (Lipinski definition) is 4. The van der Waals surface area contributed by atoms with Gasteiger partial charge in [-0.3, -0.25) is 0 Å². The van der Waals surface area contributed by atoms with E-state index >= 15 is 0 Å². The maximum atomic E-state index is 14.1. The van der Waals surface area contributed by atoms with Crippen molar-refractivity contribution < 1.29 is 17.9 Å². The van der Waals surface area contributed by atoms with Gasteiger partial charge in [0.15, 0.2) is 0 Å². The third kappa shape index (κ3) is 4.88. The van der Waals surface area contributed by atoms with Crippen molar-refractivity contribution >= 4 is 10.0 Å². The van der Waals surface area contributed by atoms with E-state index in [1.807, 2.05) is 13.0 Å². The summed E-state index contributed by atoms with van der Waals surface area (Å²) in [5, 5.41) is 17.9. The van der Waals surface area contributed by atoms with E-state index in [4.69, 9.17) is 10.4 Å². The summed E-state index contributed by atoms with van der Waals surface area (Å²) >= 11 is 0. The molecular weight excluding hydrogens is 355 g/mol. The maximum absolute atomic E-state index is 14.1. The molecule has 0 spiro atoms. The van der Waals surface area contributed by atoms with Crippen LogP contribution in [0.15, 0.2) is 47.4 Å². The van der Waals surface area contributed by atoms with Gasteiger partial charge in [0.2, 0.25) is 10.0 Å². The van der Waals surface area contributed by atoms with Crippen molar-refractivity contribution in [1.82, 2.24) is 4.72 Å².